The molecule has 0 radical (unpaired) electrons. The molecule has 0 aliphatic carbocycles. The lowest BCUT2D eigenvalue weighted by Crippen LogP contribution is -2.28. The van der Waals surface area contributed by atoms with Gasteiger partial charge >= 0.3 is 0 Å². The Hall–Kier alpha value is -1.22. The maximum absolute atomic E-state index is 11.8. The van der Waals surface area contributed by atoms with Crippen LogP contribution in [0.3, 0.4) is 0 Å². The minimum absolute atomic E-state index is 0.0512. The monoisotopic (exact) mass is 379 g/mol. The number of carbonyl (C=O) groups excluding carboxylic acids is 1. The maximum atomic E-state index is 11.8. The molecule has 0 aromatic carbocycles. The number of nitrogens with one attached hydrogen (secondary N) is 1. The zero-order chi connectivity index (χ0) is 14.3. The fourth-order valence-electron chi connectivity index (χ4n) is 1.51. The Kier molecular flexibility index (Phi) is 6.71. The molecular formula is C12H18IN3O3. The average molecular weight is 379 g/mol. The van der Waals surface area contributed by atoms with Crippen molar-refractivity contribution in [1.82, 2.24) is 10.3 Å². The van der Waals surface area contributed by atoms with Crippen molar-refractivity contribution in [3.8, 4) is 0 Å². The molecule has 1 N–H and O–H groups in total. The van der Waals surface area contributed by atoms with Gasteiger partial charge in [0.25, 0.3) is 21.5 Å². The lowest BCUT2D eigenvalue weighted by atomic mass is 10.3. The van der Waals surface area contributed by atoms with E-state index in [2.05, 4.69) is 5.43 Å². The standard InChI is InChI=1S/C12H18IN3O3/c1-4-15(5-2)11(17)8-6-10-7-9-12(19-10)16(13-18)14-3/h6-9,14H,4-5H2,1-3H3/b8-6+. The summed E-state index contributed by atoms with van der Waals surface area (Å²) in [4.78, 5) is 13.5. The highest BCUT2D eigenvalue weighted by Crippen LogP contribution is 2.22. The van der Waals surface area contributed by atoms with E-state index < -0.39 is 21.5 Å². The van der Waals surface area contributed by atoms with E-state index in [0.29, 0.717) is 24.7 Å². The summed E-state index contributed by atoms with van der Waals surface area (Å²) >= 11 is -1.38. The number of hydrogen-bond donors (Lipinski definition) is 1. The van der Waals surface area contributed by atoms with Gasteiger partial charge in [0.1, 0.15) is 5.76 Å². The number of anilines is 1. The molecule has 1 rings (SSSR count). The minimum Gasteiger partial charge on any atom is -0.439 e. The number of rotatable bonds is 7. The third-order valence-electron chi connectivity index (χ3n) is 2.54. The molecule has 1 amide bonds. The fourth-order valence-corrected chi connectivity index (χ4v) is 2.16. The summed E-state index contributed by atoms with van der Waals surface area (Å²) in [5.74, 6) is 0.970. The van der Waals surface area contributed by atoms with E-state index in [1.54, 1.807) is 30.2 Å². The summed E-state index contributed by atoms with van der Waals surface area (Å²) in [6.45, 7) is 5.22. The van der Waals surface area contributed by atoms with Gasteiger partial charge in [0.2, 0.25) is 11.8 Å². The van der Waals surface area contributed by atoms with E-state index in [9.17, 15) is 7.86 Å². The quantitative estimate of drug-likeness (QED) is 0.341. The molecule has 0 saturated carbocycles. The Labute approximate surface area is 123 Å². The molecule has 0 spiro atoms. The molecule has 1 aromatic rings. The van der Waals surface area contributed by atoms with E-state index in [0.717, 1.165) is 0 Å². The van der Waals surface area contributed by atoms with Crippen LogP contribution in [0.5, 0.6) is 0 Å². The molecule has 19 heavy (non-hydrogen) atoms. The Morgan fingerprint density at radius 1 is 1.42 bits per heavy atom. The van der Waals surface area contributed by atoms with E-state index >= 15 is 0 Å². The molecule has 6 nitrogen and oxygen atoms in total. The first-order chi connectivity index (χ1) is 9.15. The predicted molar refractivity (Wildman–Crippen MR) is 81.9 cm³/mol. The van der Waals surface area contributed by atoms with Gasteiger partial charge < -0.3 is 9.32 Å². The average Bonchev–Trinajstić information content (AvgIpc) is 2.88. The number of hydrogen-bond acceptors (Lipinski definition) is 4. The van der Waals surface area contributed by atoms with Crippen molar-refractivity contribution in [2.45, 2.75) is 13.8 Å². The summed E-state index contributed by atoms with van der Waals surface area (Å²) in [5, 5.41) is 0. The summed E-state index contributed by atoms with van der Waals surface area (Å²) in [6.07, 6.45) is 3.09. The van der Waals surface area contributed by atoms with Crippen molar-refractivity contribution in [3.05, 3.63) is 24.0 Å². The SMILES string of the molecule is CCN(CC)C(=O)/C=C/c1ccc(N(NC)I=O)o1. The summed E-state index contributed by atoms with van der Waals surface area (Å²) < 4.78 is 17.8. The van der Waals surface area contributed by atoms with Crippen LogP contribution in [0.2, 0.25) is 0 Å². The first-order valence-corrected chi connectivity index (χ1v) is 7.82. The zero-order valence-corrected chi connectivity index (χ0v) is 13.4. The number of furan rings is 1. The van der Waals surface area contributed by atoms with Crippen LogP contribution < -0.4 is 8.65 Å². The van der Waals surface area contributed by atoms with Crippen LogP contribution in [0.15, 0.2) is 22.6 Å². The lowest BCUT2D eigenvalue weighted by molar-refractivity contribution is -0.125. The van der Waals surface area contributed by atoms with Gasteiger partial charge in [-0.2, -0.15) is 3.22 Å². The van der Waals surface area contributed by atoms with Crippen LogP contribution in [-0.4, -0.2) is 30.9 Å². The van der Waals surface area contributed by atoms with Crippen LogP contribution in [0.4, 0.5) is 5.88 Å². The summed E-state index contributed by atoms with van der Waals surface area (Å²) in [6, 6.07) is 3.43. The highest BCUT2D eigenvalue weighted by Gasteiger charge is 2.09. The zero-order valence-electron chi connectivity index (χ0n) is 11.2. The van der Waals surface area contributed by atoms with Crippen LogP contribution in [0.25, 0.3) is 6.08 Å². The number of amides is 1. The first kappa shape index (κ1) is 15.8. The molecule has 0 aliphatic rings. The lowest BCUT2D eigenvalue weighted by Gasteiger charge is -2.15. The molecule has 1 aromatic heterocycles. The van der Waals surface area contributed by atoms with Gasteiger partial charge in [-0.15, -0.1) is 0 Å². The summed E-state index contributed by atoms with van der Waals surface area (Å²) in [7, 11) is 1.67. The molecule has 106 valence electrons. The van der Waals surface area contributed by atoms with Crippen LogP contribution in [-0.2, 0) is 7.86 Å². The van der Waals surface area contributed by atoms with Gasteiger partial charge in [-0.3, -0.25) is 4.79 Å². The number of nitrogens with zero attached hydrogens (tertiary/aromatic N) is 2. The second-order valence-electron chi connectivity index (χ2n) is 3.59. The Bertz CT molecular complexity index is 455. The topological polar surface area (TPSA) is 65.8 Å². The molecule has 7 heteroatoms. The molecule has 0 atom stereocenters. The molecule has 0 saturated heterocycles. The van der Waals surface area contributed by atoms with Gasteiger partial charge in [-0.25, -0.2) is 8.49 Å². The van der Waals surface area contributed by atoms with E-state index in [4.69, 9.17) is 4.42 Å². The molecular weight excluding hydrogens is 361 g/mol. The fraction of sp³-hybridized carbons (Fsp3) is 0.417. The molecule has 0 bridgehead atoms. The normalized spacial score (nSPS) is 10.9. The van der Waals surface area contributed by atoms with Gasteiger partial charge in [-0.05, 0) is 26.0 Å². The predicted octanol–water partition coefficient (Wildman–Crippen LogP) is 2.33. The van der Waals surface area contributed by atoms with Crippen molar-refractivity contribution in [3.63, 3.8) is 0 Å². The van der Waals surface area contributed by atoms with Gasteiger partial charge in [-0.1, -0.05) is 0 Å². The van der Waals surface area contributed by atoms with Crippen molar-refractivity contribution >= 4 is 39.3 Å². The second kappa shape index (κ2) is 8.05. The molecule has 0 unspecified atom stereocenters. The van der Waals surface area contributed by atoms with Gasteiger partial charge in [0.15, 0.2) is 0 Å². The maximum Gasteiger partial charge on any atom is 0.292 e. The smallest absolute Gasteiger partial charge is 0.292 e. The van der Waals surface area contributed by atoms with E-state index in [-0.39, 0.29) is 5.91 Å². The van der Waals surface area contributed by atoms with Crippen molar-refractivity contribution in [2.24, 2.45) is 0 Å². The molecule has 0 fully saturated rings. The largest absolute Gasteiger partial charge is 0.439 e. The summed E-state index contributed by atoms with van der Waals surface area (Å²) in [5.41, 5.74) is 2.76. The van der Waals surface area contributed by atoms with E-state index in [1.807, 2.05) is 13.8 Å². The van der Waals surface area contributed by atoms with Crippen LogP contribution in [0.1, 0.15) is 19.6 Å². The van der Waals surface area contributed by atoms with Gasteiger partial charge in [0.05, 0.1) is 0 Å². The number of carbonyl (C=O) groups is 1. The highest BCUT2D eigenvalue weighted by molar-refractivity contribution is 14.1. The Morgan fingerprint density at radius 2 is 2.11 bits per heavy atom. The van der Waals surface area contributed by atoms with Gasteiger partial charge in [0, 0.05) is 32.3 Å². The van der Waals surface area contributed by atoms with Crippen LogP contribution in [0, 0.1) is 0 Å². The first-order valence-electron chi connectivity index (χ1n) is 5.97. The van der Waals surface area contributed by atoms with E-state index in [1.165, 1.54) is 9.30 Å². The number of hydrazine groups is 1. The Balaban J connectivity index is 2.72. The van der Waals surface area contributed by atoms with Crippen molar-refractivity contribution < 1.29 is 12.3 Å². The van der Waals surface area contributed by atoms with Crippen molar-refractivity contribution in [1.29, 1.82) is 0 Å². The molecule has 1 heterocycles. The minimum atomic E-state index is -1.38. The third kappa shape index (κ3) is 4.43. The number of halogens is 1. The van der Waals surface area contributed by atoms with Crippen LogP contribution >= 0.6 is 21.5 Å². The second-order valence-corrected chi connectivity index (χ2v) is 4.95. The molecule has 0 aliphatic heterocycles. The number of likely N-dealkylation sites (N-methyl/N-ethyl adjacent to an activating group) is 1. The highest BCUT2D eigenvalue weighted by atomic mass is 127. The third-order valence-corrected chi connectivity index (χ3v) is 3.89. The van der Waals surface area contributed by atoms with Crippen molar-refractivity contribution in [2.75, 3.05) is 23.4 Å². The Morgan fingerprint density at radius 3 is 2.63 bits per heavy atom.